The topological polar surface area (TPSA) is 102 Å². The summed E-state index contributed by atoms with van der Waals surface area (Å²) >= 11 is 11.7. The Bertz CT molecular complexity index is 1430. The van der Waals surface area contributed by atoms with Gasteiger partial charge >= 0.3 is 0 Å². The molecule has 3 aromatic heterocycles. The highest BCUT2D eigenvalue weighted by atomic mass is 35.5. The van der Waals surface area contributed by atoms with Crippen molar-refractivity contribution in [1.82, 2.24) is 24.5 Å². The minimum Gasteiger partial charge on any atom is -0.382 e. The Kier molecular flexibility index (Phi) is 5.88. The van der Waals surface area contributed by atoms with Gasteiger partial charge in [0.2, 0.25) is 5.28 Å². The molecule has 3 heterocycles. The van der Waals surface area contributed by atoms with E-state index in [1.54, 1.807) is 10.6 Å². The van der Waals surface area contributed by atoms with Crippen LogP contribution in [-0.2, 0) is 6.42 Å². The molecule has 0 aliphatic carbocycles. The summed E-state index contributed by atoms with van der Waals surface area (Å²) in [5.41, 5.74) is 8.40. The largest absolute Gasteiger partial charge is 0.382 e. The molecule has 0 saturated heterocycles. The molecule has 9 heteroatoms. The van der Waals surface area contributed by atoms with Crippen molar-refractivity contribution in [3.05, 3.63) is 87.3 Å². The highest BCUT2D eigenvalue weighted by molar-refractivity contribution is 6.35. The molecule has 0 saturated carbocycles. The van der Waals surface area contributed by atoms with E-state index >= 15 is 0 Å². The average molecular weight is 453 g/mol. The van der Waals surface area contributed by atoms with E-state index in [9.17, 15) is 4.79 Å². The Morgan fingerprint density at radius 1 is 1.06 bits per heavy atom. The van der Waals surface area contributed by atoms with Crippen LogP contribution in [-0.4, -0.2) is 24.5 Å². The molecule has 5 aromatic rings. The molecule has 0 amide bonds. The number of aromatic amines is 1. The van der Waals surface area contributed by atoms with E-state index in [1.807, 2.05) is 55.5 Å². The van der Waals surface area contributed by atoms with Gasteiger partial charge in [-0.05, 0) is 47.7 Å². The van der Waals surface area contributed by atoms with Gasteiger partial charge in [0, 0.05) is 11.4 Å². The van der Waals surface area contributed by atoms with Crippen molar-refractivity contribution < 1.29 is 0 Å². The van der Waals surface area contributed by atoms with Gasteiger partial charge in [-0.1, -0.05) is 48.9 Å². The molecular formula is C22H18Cl2N6O. The first-order valence-corrected chi connectivity index (χ1v) is 10.3. The Morgan fingerprint density at radius 2 is 1.84 bits per heavy atom. The quantitative estimate of drug-likeness (QED) is 0.374. The first-order chi connectivity index (χ1) is 15.0. The van der Waals surface area contributed by atoms with E-state index in [0.717, 1.165) is 23.2 Å². The number of nitrogens with one attached hydrogen (secondary N) is 1. The zero-order chi connectivity index (χ0) is 22.0. The Hall–Kier alpha value is -3.42. The van der Waals surface area contributed by atoms with Crippen molar-refractivity contribution in [2.75, 3.05) is 5.73 Å². The van der Waals surface area contributed by atoms with Gasteiger partial charge < -0.3 is 10.7 Å². The van der Waals surface area contributed by atoms with Crippen LogP contribution >= 0.6 is 23.2 Å². The van der Waals surface area contributed by atoms with Crippen LogP contribution < -0.4 is 11.3 Å². The van der Waals surface area contributed by atoms with Crippen LogP contribution in [0.3, 0.4) is 0 Å². The van der Waals surface area contributed by atoms with Crippen molar-refractivity contribution in [2.45, 2.75) is 13.3 Å². The van der Waals surface area contributed by atoms with Crippen LogP contribution in [0.15, 0.2) is 65.7 Å². The summed E-state index contributed by atoms with van der Waals surface area (Å²) in [5, 5.41) is 2.09. The minimum absolute atomic E-state index is 0.0591. The summed E-state index contributed by atoms with van der Waals surface area (Å²) in [6.45, 7) is 2.05. The molecule has 31 heavy (non-hydrogen) atoms. The van der Waals surface area contributed by atoms with Crippen LogP contribution in [0.5, 0.6) is 0 Å². The second kappa shape index (κ2) is 8.75. The highest BCUT2D eigenvalue weighted by Gasteiger charge is 2.12. The number of hydrogen-bond donors (Lipinski definition) is 2. The number of pyridine rings is 1. The fourth-order valence-corrected chi connectivity index (χ4v) is 3.76. The number of para-hydroxylation sites is 1. The predicted molar refractivity (Wildman–Crippen MR) is 125 cm³/mol. The zero-order valence-corrected chi connectivity index (χ0v) is 18.0. The van der Waals surface area contributed by atoms with E-state index in [4.69, 9.17) is 28.9 Å². The van der Waals surface area contributed by atoms with Crippen molar-refractivity contribution in [3.8, 4) is 5.69 Å². The minimum atomic E-state index is -0.0591. The number of H-pyrrole nitrogens is 1. The Labute approximate surface area is 187 Å². The first kappa shape index (κ1) is 20.8. The molecule has 0 unspecified atom stereocenters. The second-order valence-electron chi connectivity index (χ2n) is 6.65. The second-order valence-corrected chi connectivity index (χ2v) is 7.39. The molecule has 156 valence electrons. The molecule has 5 rings (SSSR count). The van der Waals surface area contributed by atoms with Crippen molar-refractivity contribution in [1.29, 1.82) is 0 Å². The molecule has 2 aromatic carbocycles. The fraction of sp³-hybridized carbons (Fsp3) is 0.0909. The van der Waals surface area contributed by atoms with Crippen LogP contribution in [0.2, 0.25) is 10.3 Å². The fourth-order valence-electron chi connectivity index (χ4n) is 3.32. The molecule has 0 fully saturated rings. The zero-order valence-electron chi connectivity index (χ0n) is 16.5. The van der Waals surface area contributed by atoms with E-state index < -0.39 is 0 Å². The van der Waals surface area contributed by atoms with E-state index in [0.29, 0.717) is 27.4 Å². The number of halogens is 2. The van der Waals surface area contributed by atoms with E-state index in [1.165, 1.54) is 6.33 Å². The number of imidazole rings is 1. The van der Waals surface area contributed by atoms with Gasteiger partial charge in [0.25, 0.3) is 5.56 Å². The number of nitrogens with zero attached hydrogens (tertiary/aromatic N) is 4. The lowest BCUT2D eigenvalue weighted by atomic mass is 10.1. The number of fused-ring (bicyclic) bond motifs is 2. The molecule has 0 aliphatic heterocycles. The maximum Gasteiger partial charge on any atom is 0.264 e. The lowest BCUT2D eigenvalue weighted by Gasteiger charge is -2.14. The molecule has 0 spiro atoms. The summed E-state index contributed by atoms with van der Waals surface area (Å²) in [6, 6.07) is 17.3. The molecule has 0 radical (unpaired) electrons. The average Bonchev–Trinajstić information content (AvgIpc) is 3.23. The van der Waals surface area contributed by atoms with Crippen molar-refractivity contribution >= 4 is 51.0 Å². The van der Waals surface area contributed by atoms with Crippen molar-refractivity contribution in [3.63, 3.8) is 0 Å². The van der Waals surface area contributed by atoms with Gasteiger partial charge in [0.05, 0.1) is 16.7 Å². The summed E-state index contributed by atoms with van der Waals surface area (Å²) in [7, 11) is 0. The maximum absolute atomic E-state index is 12.8. The molecule has 0 aliphatic rings. The molecule has 3 N–H and O–H groups in total. The monoisotopic (exact) mass is 452 g/mol. The SMILES string of the molecule is CCc1cc2cccc(Cl)c2c(=O)n1-c1ccccc1.Nc1nc(Cl)nc2nc[nH]c12. The number of hydrogen-bond acceptors (Lipinski definition) is 5. The number of nitrogen functional groups attached to an aromatic ring is 1. The number of rotatable bonds is 2. The first-order valence-electron chi connectivity index (χ1n) is 9.50. The Morgan fingerprint density at radius 3 is 2.58 bits per heavy atom. The maximum atomic E-state index is 12.8. The smallest absolute Gasteiger partial charge is 0.264 e. The van der Waals surface area contributed by atoms with E-state index in [-0.39, 0.29) is 10.8 Å². The number of aryl methyl sites for hydroxylation is 1. The summed E-state index contributed by atoms with van der Waals surface area (Å²) < 4.78 is 1.74. The van der Waals surface area contributed by atoms with Crippen LogP contribution in [0, 0.1) is 0 Å². The van der Waals surface area contributed by atoms with Gasteiger partial charge in [-0.15, -0.1) is 0 Å². The van der Waals surface area contributed by atoms with Gasteiger partial charge in [0.1, 0.15) is 5.52 Å². The predicted octanol–water partition coefficient (Wildman–Crippen LogP) is 4.80. The van der Waals surface area contributed by atoms with Gasteiger partial charge in [-0.25, -0.2) is 4.98 Å². The molecule has 0 atom stereocenters. The van der Waals surface area contributed by atoms with Crippen molar-refractivity contribution in [2.24, 2.45) is 0 Å². The number of nitrogens with two attached hydrogens (primary N) is 1. The van der Waals surface area contributed by atoms with Crippen LogP contribution in [0.25, 0.3) is 27.6 Å². The standard InChI is InChI=1S/C17H14ClNO.C5H4ClN5/c1-2-13-11-12-7-6-10-15(18)16(12)17(20)19(13)14-8-4-3-5-9-14;6-5-10-3(7)2-4(11-5)9-1-8-2/h3-11H,2H2,1H3;1H,(H3,7,8,9,10,11). The van der Waals surface area contributed by atoms with Gasteiger partial charge in [0.15, 0.2) is 11.5 Å². The molecule has 7 nitrogen and oxygen atoms in total. The van der Waals surface area contributed by atoms with Gasteiger partial charge in [-0.2, -0.15) is 9.97 Å². The Balaban J connectivity index is 0.000000177. The number of benzene rings is 2. The van der Waals surface area contributed by atoms with Crippen LogP contribution in [0.4, 0.5) is 5.82 Å². The highest BCUT2D eigenvalue weighted by Crippen LogP contribution is 2.22. The third-order valence-corrected chi connectivity index (χ3v) is 5.22. The molecule has 0 bridgehead atoms. The lowest BCUT2D eigenvalue weighted by molar-refractivity contribution is 0.889. The summed E-state index contributed by atoms with van der Waals surface area (Å²) in [6.07, 6.45) is 2.28. The number of aromatic nitrogens is 5. The third kappa shape index (κ3) is 4.10. The van der Waals surface area contributed by atoms with Gasteiger partial charge in [-0.3, -0.25) is 9.36 Å². The molecular weight excluding hydrogens is 435 g/mol. The third-order valence-electron chi connectivity index (χ3n) is 4.74. The van der Waals surface area contributed by atoms with E-state index in [2.05, 4.69) is 19.9 Å². The summed E-state index contributed by atoms with van der Waals surface area (Å²) in [5.74, 6) is 0.317. The van der Waals surface area contributed by atoms with Crippen LogP contribution in [0.1, 0.15) is 12.6 Å². The normalized spacial score (nSPS) is 10.8. The summed E-state index contributed by atoms with van der Waals surface area (Å²) in [4.78, 5) is 27.0. The number of anilines is 1. The lowest BCUT2D eigenvalue weighted by Crippen LogP contribution is -2.22.